The van der Waals surface area contributed by atoms with E-state index in [4.69, 9.17) is 0 Å². The van der Waals surface area contributed by atoms with Crippen molar-refractivity contribution in [1.29, 1.82) is 0 Å². The fourth-order valence-corrected chi connectivity index (χ4v) is 3.65. The lowest BCUT2D eigenvalue weighted by atomic mass is 10.0. The van der Waals surface area contributed by atoms with E-state index in [1.807, 2.05) is 0 Å². The Bertz CT molecular complexity index is 516. The quantitative estimate of drug-likeness (QED) is 0.224. The van der Waals surface area contributed by atoms with Crippen molar-refractivity contribution in [3.8, 4) is 0 Å². The van der Waals surface area contributed by atoms with Gasteiger partial charge in [0.25, 0.3) is 0 Å². The van der Waals surface area contributed by atoms with Crippen LogP contribution < -0.4 is 28.5 Å². The highest BCUT2D eigenvalue weighted by atomic mass is 127. The van der Waals surface area contributed by atoms with E-state index in [-0.39, 0.29) is 24.0 Å². The SMILES string of the molecule is C[n+]1ccc(CCCCCCCCCCCCCC2=CC=CC2)cc1.[I-]. The van der Waals surface area contributed by atoms with Gasteiger partial charge in [0.1, 0.15) is 7.05 Å². The summed E-state index contributed by atoms with van der Waals surface area (Å²) < 4.78 is 2.11. The van der Waals surface area contributed by atoms with E-state index in [2.05, 4.69) is 54.4 Å². The van der Waals surface area contributed by atoms with E-state index < -0.39 is 0 Å². The van der Waals surface area contributed by atoms with Crippen molar-refractivity contribution in [3.05, 3.63) is 53.9 Å². The highest BCUT2D eigenvalue weighted by molar-refractivity contribution is 5.22. The van der Waals surface area contributed by atoms with Gasteiger partial charge in [-0.1, -0.05) is 81.6 Å². The second-order valence-electron chi connectivity index (χ2n) is 7.72. The van der Waals surface area contributed by atoms with Gasteiger partial charge in [0.2, 0.25) is 0 Å². The number of aromatic nitrogens is 1. The predicted molar refractivity (Wildman–Crippen MR) is 109 cm³/mol. The fourth-order valence-electron chi connectivity index (χ4n) is 3.65. The summed E-state index contributed by atoms with van der Waals surface area (Å²) in [4.78, 5) is 0. The summed E-state index contributed by atoms with van der Waals surface area (Å²) >= 11 is 0. The van der Waals surface area contributed by atoms with Crippen molar-refractivity contribution in [2.75, 3.05) is 0 Å². The largest absolute Gasteiger partial charge is 1.00 e. The first-order valence-electron chi connectivity index (χ1n) is 10.6. The van der Waals surface area contributed by atoms with Crippen LogP contribution in [0, 0.1) is 0 Å². The summed E-state index contributed by atoms with van der Waals surface area (Å²) in [5, 5.41) is 0. The number of nitrogens with zero attached hydrogens (tertiary/aromatic N) is 1. The Hall–Kier alpha value is -0.640. The van der Waals surface area contributed by atoms with Crippen LogP contribution in [0.3, 0.4) is 0 Å². The molecule has 0 amide bonds. The average molecular weight is 467 g/mol. The molecule has 0 aliphatic heterocycles. The lowest BCUT2D eigenvalue weighted by molar-refractivity contribution is -0.671. The number of pyridine rings is 1. The second-order valence-corrected chi connectivity index (χ2v) is 7.72. The molecule has 0 spiro atoms. The molecule has 1 aliphatic rings. The molecule has 26 heavy (non-hydrogen) atoms. The molecule has 1 nitrogen and oxygen atoms in total. The van der Waals surface area contributed by atoms with Crippen LogP contribution in [-0.4, -0.2) is 0 Å². The lowest BCUT2D eigenvalue weighted by Gasteiger charge is -2.04. The molecule has 2 rings (SSSR count). The summed E-state index contributed by atoms with van der Waals surface area (Å²) in [5.74, 6) is 0. The molecule has 0 unspecified atom stereocenters. The van der Waals surface area contributed by atoms with Crippen LogP contribution in [0.25, 0.3) is 0 Å². The van der Waals surface area contributed by atoms with Crippen LogP contribution in [0.15, 0.2) is 48.3 Å². The number of allylic oxidation sites excluding steroid dienone is 4. The lowest BCUT2D eigenvalue weighted by Crippen LogP contribution is -3.00. The van der Waals surface area contributed by atoms with E-state index in [1.165, 1.54) is 95.5 Å². The van der Waals surface area contributed by atoms with Gasteiger partial charge in [0.15, 0.2) is 12.4 Å². The third-order valence-electron chi connectivity index (χ3n) is 5.36. The van der Waals surface area contributed by atoms with Gasteiger partial charge in [-0.2, -0.15) is 0 Å². The minimum Gasteiger partial charge on any atom is -1.00 e. The van der Waals surface area contributed by atoms with E-state index in [0.29, 0.717) is 0 Å². The molecule has 146 valence electrons. The summed E-state index contributed by atoms with van der Waals surface area (Å²) in [5.41, 5.74) is 3.12. The Labute approximate surface area is 179 Å². The second kappa shape index (κ2) is 15.4. The molecule has 0 N–H and O–H groups in total. The molecule has 1 aliphatic carbocycles. The zero-order valence-electron chi connectivity index (χ0n) is 16.8. The van der Waals surface area contributed by atoms with Crippen LogP contribution in [0.2, 0.25) is 0 Å². The molecular formula is C24H38IN. The first-order chi connectivity index (χ1) is 12.3. The first-order valence-corrected chi connectivity index (χ1v) is 10.6. The number of rotatable bonds is 14. The summed E-state index contributed by atoms with van der Waals surface area (Å²) in [6.07, 6.45) is 30.5. The fraction of sp³-hybridized carbons (Fsp3) is 0.625. The molecule has 0 saturated heterocycles. The standard InChI is InChI=1S/C24H38N.HI/c1-25-21-19-24(20-22-25)16-12-10-8-6-4-2-3-5-7-9-11-15-23-17-13-14-18-23;/h13-14,17,19-22H,2-12,15-16,18H2,1H3;1H/q+1;/p-1. The monoisotopic (exact) mass is 467 g/mol. The highest BCUT2D eigenvalue weighted by Gasteiger charge is 1.99. The third kappa shape index (κ3) is 11.2. The van der Waals surface area contributed by atoms with Gasteiger partial charge < -0.3 is 24.0 Å². The number of aryl methyl sites for hydroxylation is 2. The average Bonchev–Trinajstić information content (AvgIpc) is 3.14. The Morgan fingerprint density at radius 2 is 1.23 bits per heavy atom. The molecule has 1 aromatic rings. The zero-order chi connectivity index (χ0) is 17.6. The first kappa shape index (κ1) is 23.4. The molecule has 0 atom stereocenters. The summed E-state index contributed by atoms with van der Waals surface area (Å²) in [7, 11) is 2.08. The normalized spacial score (nSPS) is 12.9. The van der Waals surface area contributed by atoms with Gasteiger partial charge in [-0.15, -0.1) is 0 Å². The van der Waals surface area contributed by atoms with Gasteiger partial charge in [-0.3, -0.25) is 0 Å². The maximum atomic E-state index is 2.31. The maximum Gasteiger partial charge on any atom is 0.168 e. The molecule has 1 aromatic heterocycles. The Balaban J connectivity index is 0.00000338. The van der Waals surface area contributed by atoms with Gasteiger partial charge in [-0.25, -0.2) is 4.57 Å². The van der Waals surface area contributed by atoms with Crippen molar-refractivity contribution >= 4 is 0 Å². The van der Waals surface area contributed by atoms with Crippen LogP contribution in [0.5, 0.6) is 0 Å². The Kier molecular flexibility index (Phi) is 13.9. The summed E-state index contributed by atoms with van der Waals surface area (Å²) in [6, 6.07) is 4.50. The minimum absolute atomic E-state index is 0. The molecule has 0 bridgehead atoms. The van der Waals surface area contributed by atoms with Crippen molar-refractivity contribution in [3.63, 3.8) is 0 Å². The number of hydrogen-bond donors (Lipinski definition) is 0. The third-order valence-corrected chi connectivity index (χ3v) is 5.36. The van der Waals surface area contributed by atoms with Crippen molar-refractivity contribution in [2.45, 2.75) is 89.9 Å². The van der Waals surface area contributed by atoms with Crippen LogP contribution >= 0.6 is 0 Å². The Morgan fingerprint density at radius 1 is 0.731 bits per heavy atom. The van der Waals surface area contributed by atoms with Crippen LogP contribution in [0.4, 0.5) is 0 Å². The minimum atomic E-state index is 0. The summed E-state index contributed by atoms with van der Waals surface area (Å²) in [6.45, 7) is 0. The molecule has 0 aromatic carbocycles. The van der Waals surface area contributed by atoms with Gasteiger partial charge in [-0.05, 0) is 37.7 Å². The van der Waals surface area contributed by atoms with E-state index in [0.717, 1.165) is 0 Å². The van der Waals surface area contributed by atoms with Crippen molar-refractivity contribution in [1.82, 2.24) is 0 Å². The van der Waals surface area contributed by atoms with Crippen molar-refractivity contribution < 1.29 is 28.5 Å². The predicted octanol–water partition coefficient (Wildman–Crippen LogP) is 3.63. The van der Waals surface area contributed by atoms with Crippen LogP contribution in [0.1, 0.15) is 89.0 Å². The maximum absolute atomic E-state index is 2.31. The molecule has 0 fully saturated rings. The smallest absolute Gasteiger partial charge is 0.168 e. The molecule has 2 heteroatoms. The topological polar surface area (TPSA) is 3.88 Å². The van der Waals surface area contributed by atoms with E-state index in [9.17, 15) is 0 Å². The highest BCUT2D eigenvalue weighted by Crippen LogP contribution is 2.19. The molecular weight excluding hydrogens is 429 g/mol. The van der Waals surface area contributed by atoms with Gasteiger partial charge in [0.05, 0.1) is 0 Å². The Morgan fingerprint density at radius 3 is 1.73 bits per heavy atom. The molecule has 0 saturated carbocycles. The number of hydrogen-bond acceptors (Lipinski definition) is 0. The zero-order valence-corrected chi connectivity index (χ0v) is 18.9. The van der Waals surface area contributed by atoms with Crippen LogP contribution in [-0.2, 0) is 13.5 Å². The van der Waals surface area contributed by atoms with Gasteiger partial charge in [0, 0.05) is 12.1 Å². The van der Waals surface area contributed by atoms with E-state index in [1.54, 1.807) is 5.57 Å². The number of unbranched alkanes of at least 4 members (excludes halogenated alkanes) is 10. The van der Waals surface area contributed by atoms with E-state index >= 15 is 0 Å². The molecule has 1 heterocycles. The molecule has 0 radical (unpaired) electrons. The van der Waals surface area contributed by atoms with Gasteiger partial charge >= 0.3 is 0 Å². The van der Waals surface area contributed by atoms with Crippen molar-refractivity contribution in [2.24, 2.45) is 7.05 Å². The number of halogens is 1.